The van der Waals surface area contributed by atoms with Crippen LogP contribution in [-0.2, 0) is 9.53 Å². The van der Waals surface area contributed by atoms with Crippen LogP contribution < -0.4 is 15.5 Å². The van der Waals surface area contributed by atoms with Crippen LogP contribution in [0.15, 0.2) is 92.7 Å². The van der Waals surface area contributed by atoms with Crippen LogP contribution in [0, 0.1) is 0 Å². The lowest BCUT2D eigenvalue weighted by Crippen LogP contribution is -2.30. The Morgan fingerprint density at radius 2 is 1.75 bits per heavy atom. The fourth-order valence-corrected chi connectivity index (χ4v) is 4.79. The van der Waals surface area contributed by atoms with Crippen LogP contribution >= 0.6 is 43.6 Å². The maximum absolute atomic E-state index is 12.9. The first kappa shape index (κ1) is 27.6. The van der Waals surface area contributed by atoms with E-state index in [-0.39, 0.29) is 11.3 Å². The minimum absolute atomic E-state index is 0.179. The number of para-hydroxylation sites is 1. The Morgan fingerprint density at radius 1 is 1.06 bits per heavy atom. The molecule has 36 heavy (non-hydrogen) atoms. The van der Waals surface area contributed by atoms with Crippen LogP contribution in [0.2, 0.25) is 0 Å². The van der Waals surface area contributed by atoms with E-state index in [0.717, 1.165) is 11.0 Å². The molecule has 2 atom stereocenters. The summed E-state index contributed by atoms with van der Waals surface area (Å²) in [5.41, 5.74) is 2.22. The second-order valence-corrected chi connectivity index (χ2v) is 9.89. The number of anilines is 1. The van der Waals surface area contributed by atoms with E-state index in [1.807, 2.05) is 18.4 Å². The molecule has 3 aromatic rings. The third-order valence-corrected chi connectivity index (χ3v) is 6.60. The average Bonchev–Trinajstić information content (AvgIpc) is 2.88. The molecular weight excluding hydrogens is 616 g/mol. The molecular formula is C25H22Br2N2O6S. The Hall–Kier alpha value is -2.99. The van der Waals surface area contributed by atoms with Crippen molar-refractivity contribution in [2.75, 3.05) is 11.6 Å². The number of phenolic OH excluding ortho intramolecular Hbond substituents is 1. The van der Waals surface area contributed by atoms with Crippen LogP contribution in [0.3, 0.4) is 0 Å². The Labute approximate surface area is 228 Å². The number of aromatic hydroxyl groups is 1. The minimum atomic E-state index is -1.22. The Bertz CT molecular complexity index is 1230. The normalized spacial score (nSPS) is 12.6. The second kappa shape index (κ2) is 13.4. The summed E-state index contributed by atoms with van der Waals surface area (Å²) in [6, 6.07) is 19.1. The van der Waals surface area contributed by atoms with Gasteiger partial charge in [-0.2, -0.15) is 0 Å². The molecule has 0 bridgehead atoms. The van der Waals surface area contributed by atoms with Crippen LogP contribution in [0.25, 0.3) is 0 Å². The van der Waals surface area contributed by atoms with Crippen molar-refractivity contribution in [2.45, 2.75) is 17.1 Å². The molecule has 0 saturated carbocycles. The van der Waals surface area contributed by atoms with Gasteiger partial charge in [0.25, 0.3) is 5.91 Å². The lowest BCUT2D eigenvalue weighted by Gasteiger charge is -2.27. The van der Waals surface area contributed by atoms with Crippen molar-refractivity contribution >= 4 is 61.3 Å². The zero-order valence-electron chi connectivity index (χ0n) is 18.9. The fourth-order valence-electron chi connectivity index (χ4n) is 3.12. The molecule has 0 saturated heterocycles. The summed E-state index contributed by atoms with van der Waals surface area (Å²) in [6.07, 6.45) is 1.19. The highest BCUT2D eigenvalue weighted by atomic mass is 79.9. The van der Waals surface area contributed by atoms with Crippen LogP contribution in [-0.4, -0.2) is 34.7 Å². The highest BCUT2D eigenvalue weighted by Crippen LogP contribution is 2.39. The van der Waals surface area contributed by atoms with Crippen LogP contribution in [0.4, 0.5) is 10.5 Å². The highest BCUT2D eigenvalue weighted by molar-refractivity contribution is 9.11. The summed E-state index contributed by atoms with van der Waals surface area (Å²) in [7, 11) is 0. The molecule has 3 rings (SSSR count). The smallest absolute Gasteiger partial charge is 0.412 e. The highest BCUT2D eigenvalue weighted by Gasteiger charge is 2.31. The molecule has 0 radical (unpaired) electrons. The standard InChI is InChI=1S/C25H22Br2N2O6S/c1-36-18-9-7-16(8-10-18)28-25(32)35-24(19-13-15(26)14-20(27)23(19)31)21(11-12-22(30)29-33)34-17-5-3-2-4-6-17/h2-14,21,24,31,33H,1H3,(H,28,32)(H,29,30)/b12-11+/t21-,24-/m1/s1. The molecule has 188 valence electrons. The predicted octanol–water partition coefficient (Wildman–Crippen LogP) is 6.44. The largest absolute Gasteiger partial charge is 0.506 e. The topological polar surface area (TPSA) is 117 Å². The van der Waals surface area contributed by atoms with E-state index in [1.54, 1.807) is 66.4 Å². The summed E-state index contributed by atoms with van der Waals surface area (Å²) in [6.45, 7) is 0. The van der Waals surface area contributed by atoms with Gasteiger partial charge in [0.2, 0.25) is 0 Å². The summed E-state index contributed by atoms with van der Waals surface area (Å²) in [5.74, 6) is -0.567. The number of halogens is 2. The van der Waals surface area contributed by atoms with Crippen molar-refractivity contribution in [1.29, 1.82) is 0 Å². The molecule has 0 aromatic heterocycles. The zero-order valence-corrected chi connectivity index (χ0v) is 22.8. The van der Waals surface area contributed by atoms with Crippen molar-refractivity contribution in [3.05, 3.63) is 93.4 Å². The van der Waals surface area contributed by atoms with Crippen molar-refractivity contribution in [3.63, 3.8) is 0 Å². The van der Waals surface area contributed by atoms with Gasteiger partial charge in [-0.3, -0.25) is 15.3 Å². The molecule has 0 fully saturated rings. The average molecular weight is 638 g/mol. The molecule has 0 spiro atoms. The molecule has 0 aliphatic heterocycles. The predicted molar refractivity (Wildman–Crippen MR) is 145 cm³/mol. The molecule has 4 N–H and O–H groups in total. The van der Waals surface area contributed by atoms with Gasteiger partial charge < -0.3 is 14.6 Å². The third-order valence-electron chi connectivity index (χ3n) is 4.80. The fraction of sp³-hybridized carbons (Fsp3) is 0.120. The maximum Gasteiger partial charge on any atom is 0.412 e. The number of ether oxygens (including phenoxy) is 2. The molecule has 0 aliphatic carbocycles. The summed E-state index contributed by atoms with van der Waals surface area (Å²) in [5, 5.41) is 22.4. The van der Waals surface area contributed by atoms with Gasteiger partial charge in [-0.25, -0.2) is 10.3 Å². The van der Waals surface area contributed by atoms with Crippen molar-refractivity contribution < 1.29 is 29.4 Å². The summed E-state index contributed by atoms with van der Waals surface area (Å²) >= 11 is 8.25. The number of carbonyl (C=O) groups is 2. The Morgan fingerprint density at radius 3 is 2.39 bits per heavy atom. The molecule has 0 heterocycles. The van der Waals surface area contributed by atoms with Gasteiger partial charge in [-0.05, 0) is 76.8 Å². The number of hydroxylamine groups is 1. The van der Waals surface area contributed by atoms with E-state index >= 15 is 0 Å². The monoisotopic (exact) mass is 636 g/mol. The second-order valence-electron chi connectivity index (χ2n) is 7.24. The number of carbonyl (C=O) groups excluding carboxylic acids is 2. The summed E-state index contributed by atoms with van der Waals surface area (Å²) < 4.78 is 12.8. The quantitative estimate of drug-likeness (QED) is 0.0923. The first-order valence-electron chi connectivity index (χ1n) is 10.4. The lowest BCUT2D eigenvalue weighted by atomic mass is 10.0. The van der Waals surface area contributed by atoms with E-state index < -0.39 is 24.2 Å². The number of nitrogens with one attached hydrogen (secondary N) is 2. The number of rotatable bonds is 9. The van der Waals surface area contributed by atoms with Gasteiger partial charge in [0.15, 0.2) is 12.2 Å². The Balaban J connectivity index is 2.00. The maximum atomic E-state index is 12.9. The van der Waals surface area contributed by atoms with Gasteiger partial charge in [-0.1, -0.05) is 34.1 Å². The van der Waals surface area contributed by atoms with Crippen molar-refractivity contribution in [3.8, 4) is 11.5 Å². The zero-order chi connectivity index (χ0) is 26.1. The van der Waals surface area contributed by atoms with Gasteiger partial charge in [-0.15, -0.1) is 11.8 Å². The number of thioether (sulfide) groups is 1. The van der Waals surface area contributed by atoms with Crippen LogP contribution in [0.5, 0.6) is 11.5 Å². The Kier molecular flexibility index (Phi) is 10.2. The molecule has 0 unspecified atom stereocenters. The SMILES string of the molecule is CSc1ccc(NC(=O)O[C@H](c2cc(Br)cc(Br)c2O)[C@@H](/C=C/C(=O)NO)Oc2ccccc2)cc1. The molecule has 3 aromatic carbocycles. The van der Waals surface area contributed by atoms with E-state index in [2.05, 4.69) is 37.2 Å². The first-order chi connectivity index (χ1) is 17.3. The van der Waals surface area contributed by atoms with Crippen LogP contribution in [0.1, 0.15) is 11.7 Å². The van der Waals surface area contributed by atoms with Gasteiger partial charge in [0.05, 0.1) is 4.47 Å². The van der Waals surface area contributed by atoms with E-state index in [9.17, 15) is 14.7 Å². The van der Waals surface area contributed by atoms with Gasteiger partial charge in [0, 0.05) is 26.7 Å². The van der Waals surface area contributed by atoms with E-state index in [4.69, 9.17) is 14.7 Å². The minimum Gasteiger partial charge on any atom is -0.506 e. The van der Waals surface area contributed by atoms with E-state index in [1.165, 1.54) is 11.6 Å². The number of phenols is 1. The number of hydrogen-bond donors (Lipinski definition) is 4. The van der Waals surface area contributed by atoms with Crippen molar-refractivity contribution in [1.82, 2.24) is 5.48 Å². The molecule has 0 aliphatic rings. The number of amides is 2. The molecule has 8 nitrogen and oxygen atoms in total. The lowest BCUT2D eigenvalue weighted by molar-refractivity contribution is -0.124. The molecule has 2 amide bonds. The van der Waals surface area contributed by atoms with Crippen molar-refractivity contribution in [2.24, 2.45) is 0 Å². The number of benzene rings is 3. The molecule has 11 heteroatoms. The van der Waals surface area contributed by atoms with Gasteiger partial charge in [0.1, 0.15) is 11.5 Å². The first-order valence-corrected chi connectivity index (χ1v) is 13.3. The third kappa shape index (κ3) is 7.76. The number of hydrogen-bond acceptors (Lipinski definition) is 7. The summed E-state index contributed by atoms with van der Waals surface area (Å²) in [4.78, 5) is 25.7. The van der Waals surface area contributed by atoms with Gasteiger partial charge >= 0.3 is 6.09 Å². The van der Waals surface area contributed by atoms with E-state index in [0.29, 0.717) is 20.4 Å².